The number of benzene rings is 1. The number of ether oxygens (including phenoxy) is 1. The fourth-order valence-electron chi connectivity index (χ4n) is 1.70. The second kappa shape index (κ2) is 6.41. The molecule has 21 heavy (non-hydrogen) atoms. The molecule has 0 aliphatic heterocycles. The number of nitrogens with zero attached hydrogens (tertiary/aromatic N) is 1. The van der Waals surface area contributed by atoms with E-state index in [0.29, 0.717) is 16.3 Å². The van der Waals surface area contributed by atoms with Gasteiger partial charge in [0.05, 0.1) is 12.3 Å². The largest absolute Gasteiger partial charge is 0.462 e. The molecule has 0 saturated carbocycles. The minimum atomic E-state index is -0.599. The monoisotopic (exact) mass is 308 g/mol. The zero-order valence-electron chi connectivity index (χ0n) is 11.5. The first-order valence-electron chi connectivity index (χ1n) is 6.23. The Morgan fingerprint density at radius 3 is 2.86 bits per heavy atom. The quantitative estimate of drug-likeness (QED) is 0.878. The van der Waals surface area contributed by atoms with Crippen molar-refractivity contribution in [1.82, 2.24) is 5.16 Å². The average molecular weight is 309 g/mol. The van der Waals surface area contributed by atoms with Gasteiger partial charge in [-0.25, -0.2) is 4.79 Å². The normalized spacial score (nSPS) is 10.2. The van der Waals surface area contributed by atoms with E-state index in [1.54, 1.807) is 32.0 Å². The highest BCUT2D eigenvalue weighted by Crippen LogP contribution is 2.21. The summed E-state index contributed by atoms with van der Waals surface area (Å²) in [4.78, 5) is 23.9. The molecule has 1 aromatic heterocycles. The van der Waals surface area contributed by atoms with E-state index in [1.165, 1.54) is 6.07 Å². The van der Waals surface area contributed by atoms with Gasteiger partial charge in [-0.05, 0) is 32.0 Å². The first kappa shape index (κ1) is 15.1. The Bertz CT molecular complexity index is 681. The molecule has 7 heteroatoms. The van der Waals surface area contributed by atoms with Crippen LogP contribution in [0.2, 0.25) is 5.02 Å². The lowest BCUT2D eigenvalue weighted by Crippen LogP contribution is -2.15. The Kier molecular flexibility index (Phi) is 4.59. The van der Waals surface area contributed by atoms with Crippen LogP contribution in [0, 0.1) is 6.92 Å². The molecule has 1 N–H and O–H groups in total. The first-order chi connectivity index (χ1) is 10.0. The molecule has 1 aromatic carbocycles. The van der Waals surface area contributed by atoms with Crippen LogP contribution < -0.4 is 5.32 Å². The Morgan fingerprint density at radius 1 is 1.43 bits per heavy atom. The molecule has 0 unspecified atom stereocenters. The van der Waals surface area contributed by atoms with Crippen LogP contribution in [0.3, 0.4) is 0 Å². The van der Waals surface area contributed by atoms with Crippen molar-refractivity contribution in [3.8, 4) is 0 Å². The van der Waals surface area contributed by atoms with Gasteiger partial charge in [0.2, 0.25) is 5.88 Å². The number of anilines is 1. The maximum absolute atomic E-state index is 12.1. The summed E-state index contributed by atoms with van der Waals surface area (Å²) < 4.78 is 9.87. The van der Waals surface area contributed by atoms with Crippen molar-refractivity contribution < 1.29 is 18.8 Å². The lowest BCUT2D eigenvalue weighted by atomic mass is 10.2. The van der Waals surface area contributed by atoms with Crippen molar-refractivity contribution in [3.63, 3.8) is 0 Å². The van der Waals surface area contributed by atoms with Crippen molar-refractivity contribution in [3.05, 3.63) is 46.1 Å². The third kappa shape index (κ3) is 3.41. The summed E-state index contributed by atoms with van der Waals surface area (Å²) in [7, 11) is 0. The van der Waals surface area contributed by atoms with Gasteiger partial charge in [0.15, 0.2) is 0 Å². The Morgan fingerprint density at radius 2 is 2.19 bits per heavy atom. The molecule has 0 spiro atoms. The molecule has 0 aliphatic carbocycles. The van der Waals surface area contributed by atoms with E-state index >= 15 is 0 Å². The van der Waals surface area contributed by atoms with Crippen molar-refractivity contribution in [2.45, 2.75) is 13.8 Å². The zero-order chi connectivity index (χ0) is 15.4. The summed E-state index contributed by atoms with van der Waals surface area (Å²) in [5.74, 6) is -1.10. The van der Waals surface area contributed by atoms with Crippen molar-refractivity contribution in [2.75, 3.05) is 11.9 Å². The molecule has 0 saturated heterocycles. The van der Waals surface area contributed by atoms with Crippen LogP contribution in [-0.2, 0) is 4.74 Å². The lowest BCUT2D eigenvalue weighted by Gasteiger charge is -2.05. The Hall–Kier alpha value is -2.34. The summed E-state index contributed by atoms with van der Waals surface area (Å²) in [5.41, 5.74) is 0.786. The highest BCUT2D eigenvalue weighted by atomic mass is 35.5. The van der Waals surface area contributed by atoms with Crippen LogP contribution in [-0.4, -0.2) is 23.6 Å². The van der Waals surface area contributed by atoms with Gasteiger partial charge in [0.25, 0.3) is 5.91 Å². The van der Waals surface area contributed by atoms with Crippen molar-refractivity contribution >= 4 is 29.4 Å². The van der Waals surface area contributed by atoms with Crippen LogP contribution in [0.25, 0.3) is 0 Å². The van der Waals surface area contributed by atoms with Crippen molar-refractivity contribution in [2.24, 2.45) is 0 Å². The van der Waals surface area contributed by atoms with E-state index in [2.05, 4.69) is 10.5 Å². The summed E-state index contributed by atoms with van der Waals surface area (Å²) in [6.07, 6.45) is 0. The summed E-state index contributed by atoms with van der Waals surface area (Å²) >= 11 is 5.83. The predicted octanol–water partition coefficient (Wildman–Crippen LogP) is 3.07. The fourth-order valence-corrected chi connectivity index (χ4v) is 1.89. The lowest BCUT2D eigenvalue weighted by molar-refractivity contribution is 0.0526. The number of amides is 1. The smallest absolute Gasteiger partial charge is 0.345 e. The third-order valence-electron chi connectivity index (χ3n) is 2.66. The maximum atomic E-state index is 12.1. The Balaban J connectivity index is 2.24. The summed E-state index contributed by atoms with van der Waals surface area (Å²) in [6.45, 7) is 3.49. The van der Waals surface area contributed by atoms with Crippen LogP contribution in [0.4, 0.5) is 5.88 Å². The van der Waals surface area contributed by atoms with Gasteiger partial charge in [0.1, 0.15) is 5.56 Å². The molecule has 0 aliphatic rings. The number of carbonyl (C=O) groups is 2. The number of hydrogen-bond donors (Lipinski definition) is 1. The summed E-state index contributed by atoms with van der Waals surface area (Å²) in [6, 6.07) is 6.40. The second-order valence-electron chi connectivity index (χ2n) is 4.16. The maximum Gasteiger partial charge on any atom is 0.345 e. The standard InChI is InChI=1S/C14H13ClN2O4/c1-3-20-14(19)11-8(2)17-21-13(11)16-12(18)9-5-4-6-10(15)7-9/h4-7H,3H2,1-2H3,(H,16,18). The number of aryl methyl sites for hydroxylation is 1. The van der Waals surface area contributed by atoms with E-state index in [1.807, 2.05) is 0 Å². The van der Waals surface area contributed by atoms with Crippen LogP contribution in [0.15, 0.2) is 28.8 Å². The molecular weight excluding hydrogens is 296 g/mol. The second-order valence-corrected chi connectivity index (χ2v) is 4.59. The minimum Gasteiger partial charge on any atom is -0.462 e. The summed E-state index contributed by atoms with van der Waals surface area (Å²) in [5, 5.41) is 6.59. The van der Waals surface area contributed by atoms with Gasteiger partial charge in [-0.3, -0.25) is 10.1 Å². The van der Waals surface area contributed by atoms with E-state index in [9.17, 15) is 9.59 Å². The minimum absolute atomic E-state index is 0.0454. The van der Waals surface area contributed by atoms with E-state index < -0.39 is 11.9 Å². The Labute approximate surface area is 126 Å². The number of esters is 1. The molecule has 2 rings (SSSR count). The van der Waals surface area contributed by atoms with Gasteiger partial charge in [0, 0.05) is 10.6 Å². The molecule has 1 amide bonds. The van der Waals surface area contributed by atoms with Gasteiger partial charge in [-0.15, -0.1) is 0 Å². The molecular formula is C14H13ClN2O4. The highest BCUT2D eigenvalue weighted by Gasteiger charge is 2.23. The highest BCUT2D eigenvalue weighted by molar-refractivity contribution is 6.31. The van der Waals surface area contributed by atoms with E-state index in [4.69, 9.17) is 20.9 Å². The van der Waals surface area contributed by atoms with Crippen LogP contribution >= 0.6 is 11.6 Å². The molecule has 110 valence electrons. The van der Waals surface area contributed by atoms with Gasteiger partial charge in [-0.1, -0.05) is 22.8 Å². The van der Waals surface area contributed by atoms with E-state index in [-0.39, 0.29) is 18.1 Å². The number of halogens is 1. The molecule has 0 fully saturated rings. The molecule has 1 heterocycles. The predicted molar refractivity (Wildman–Crippen MR) is 76.6 cm³/mol. The third-order valence-corrected chi connectivity index (χ3v) is 2.89. The zero-order valence-corrected chi connectivity index (χ0v) is 12.2. The molecule has 6 nitrogen and oxygen atoms in total. The topological polar surface area (TPSA) is 81.4 Å². The molecule has 2 aromatic rings. The first-order valence-corrected chi connectivity index (χ1v) is 6.61. The molecule has 0 bridgehead atoms. The van der Waals surface area contributed by atoms with Crippen molar-refractivity contribution in [1.29, 1.82) is 0 Å². The number of hydrogen-bond acceptors (Lipinski definition) is 5. The number of nitrogens with one attached hydrogen (secondary N) is 1. The van der Waals surface area contributed by atoms with Gasteiger partial charge in [-0.2, -0.15) is 0 Å². The number of aromatic nitrogens is 1. The molecule has 0 radical (unpaired) electrons. The number of carbonyl (C=O) groups excluding carboxylic acids is 2. The van der Waals surface area contributed by atoms with Crippen LogP contribution in [0.5, 0.6) is 0 Å². The van der Waals surface area contributed by atoms with E-state index in [0.717, 1.165) is 0 Å². The van der Waals surface area contributed by atoms with Gasteiger partial charge >= 0.3 is 5.97 Å². The SMILES string of the molecule is CCOC(=O)c1c(C)noc1NC(=O)c1cccc(Cl)c1. The number of rotatable bonds is 4. The van der Waals surface area contributed by atoms with Crippen LogP contribution in [0.1, 0.15) is 33.3 Å². The fraction of sp³-hybridized carbons (Fsp3) is 0.214. The van der Waals surface area contributed by atoms with Gasteiger partial charge < -0.3 is 9.26 Å². The average Bonchev–Trinajstić information content (AvgIpc) is 2.80. The molecule has 0 atom stereocenters.